The van der Waals surface area contributed by atoms with Crippen molar-refractivity contribution in [1.29, 1.82) is 0 Å². The van der Waals surface area contributed by atoms with Crippen LogP contribution < -0.4 is 21.7 Å². The molecule has 2 aliphatic heterocycles. The van der Waals surface area contributed by atoms with Crippen molar-refractivity contribution in [2.75, 3.05) is 0 Å². The number of carbonyl (C=O) groups is 1. The van der Waals surface area contributed by atoms with E-state index < -0.39 is 5.91 Å². The van der Waals surface area contributed by atoms with Crippen LogP contribution in [0, 0.1) is 6.92 Å². The van der Waals surface area contributed by atoms with E-state index in [1.165, 1.54) is 11.1 Å². The summed E-state index contributed by atoms with van der Waals surface area (Å²) in [7, 11) is 0. The molecule has 1 amide bonds. The number of nitrogens with two attached hydrogens (primary N) is 1. The Morgan fingerprint density at radius 1 is 1.22 bits per heavy atom. The van der Waals surface area contributed by atoms with Crippen LogP contribution in [-0.4, -0.2) is 22.7 Å². The number of hydrogen-bond donors (Lipinski definition) is 4. The quantitative estimate of drug-likeness (QED) is 0.504. The third kappa shape index (κ3) is 3.72. The molecule has 7 heteroatoms. The maximum absolute atomic E-state index is 11.9. The molecule has 7 nitrogen and oxygen atoms in total. The first-order valence-electron chi connectivity index (χ1n) is 10.7. The average Bonchev–Trinajstić information content (AvgIpc) is 2.96. The molecule has 0 spiro atoms. The maximum atomic E-state index is 11.9. The largest absolute Gasteiger partial charge is 0.365 e. The minimum absolute atomic E-state index is 0.0423. The zero-order valence-electron chi connectivity index (χ0n) is 17.9. The Morgan fingerprint density at radius 2 is 2.06 bits per heavy atom. The number of rotatable bonds is 5. The normalized spacial score (nSPS) is 20.2. The molecular formula is C25H26N6O. The van der Waals surface area contributed by atoms with Gasteiger partial charge in [0.25, 0.3) is 5.91 Å². The molecule has 2 atom stereocenters. The van der Waals surface area contributed by atoms with Gasteiger partial charge in [-0.15, -0.1) is 0 Å². The van der Waals surface area contributed by atoms with Crippen molar-refractivity contribution < 1.29 is 4.79 Å². The number of amides is 1. The molecule has 162 valence electrons. The number of nitrogens with zero attached hydrogens (tertiary/aromatic N) is 2. The van der Waals surface area contributed by atoms with Crippen molar-refractivity contribution in [2.24, 2.45) is 10.7 Å². The molecule has 5 N–H and O–H groups in total. The standard InChI is InChI=1S/C25H26N6O/c1-16-15-31-20(10-5-11-21(31)23(26)32)22(16)25-29-19-14-27-12-6-9-18(19)24(30-25)28-13-17-7-3-2-4-8-17/h2-8,10-12,14-15,24-25,28-30H,9,13H2,1H3,(H2,26,32). The van der Waals surface area contributed by atoms with Crippen molar-refractivity contribution in [2.45, 2.75) is 32.2 Å². The third-order valence-electron chi connectivity index (χ3n) is 6.01. The first kappa shape index (κ1) is 20.2. The SMILES string of the molecule is Cc1cn2c(C(N)=O)cccc2c1C1NC2=C(CC=CN=C2)C(NCc2ccccc2)N1. The Bertz CT molecular complexity index is 1250. The number of aryl methyl sites for hydroxylation is 1. The number of hydrogen-bond acceptors (Lipinski definition) is 5. The first-order chi connectivity index (χ1) is 15.6. The van der Waals surface area contributed by atoms with Gasteiger partial charge in [-0.1, -0.05) is 42.5 Å². The molecule has 2 unspecified atom stereocenters. The molecule has 3 aromatic rings. The van der Waals surface area contributed by atoms with Crippen LogP contribution in [0.25, 0.3) is 5.52 Å². The summed E-state index contributed by atoms with van der Waals surface area (Å²) in [6.07, 6.45) is 8.34. The predicted molar refractivity (Wildman–Crippen MR) is 126 cm³/mol. The molecule has 2 aromatic heterocycles. The molecular weight excluding hydrogens is 400 g/mol. The van der Waals surface area contributed by atoms with Gasteiger partial charge in [0.15, 0.2) is 0 Å². The van der Waals surface area contributed by atoms with Gasteiger partial charge in [0, 0.05) is 24.5 Å². The highest BCUT2D eigenvalue weighted by Crippen LogP contribution is 2.30. The summed E-state index contributed by atoms with van der Waals surface area (Å²) in [5, 5.41) is 11.0. The van der Waals surface area contributed by atoms with Crippen LogP contribution in [-0.2, 0) is 6.54 Å². The fourth-order valence-electron chi connectivity index (χ4n) is 4.49. The number of fused-ring (bicyclic) bond motifs is 1. The molecule has 0 saturated carbocycles. The van der Waals surface area contributed by atoms with Crippen LogP contribution >= 0.6 is 0 Å². The summed E-state index contributed by atoms with van der Waals surface area (Å²) >= 11 is 0. The second kappa shape index (κ2) is 8.45. The van der Waals surface area contributed by atoms with Gasteiger partial charge < -0.3 is 15.5 Å². The number of nitrogens with one attached hydrogen (secondary N) is 3. The lowest BCUT2D eigenvalue weighted by atomic mass is 10.0. The second-order valence-electron chi connectivity index (χ2n) is 8.11. The first-order valence-corrected chi connectivity index (χ1v) is 10.7. The molecule has 4 heterocycles. The molecule has 2 aliphatic rings. The molecule has 0 saturated heterocycles. The Balaban J connectivity index is 1.52. The number of primary amides is 1. The van der Waals surface area contributed by atoms with Crippen molar-refractivity contribution in [3.05, 3.63) is 101 Å². The molecule has 32 heavy (non-hydrogen) atoms. The van der Waals surface area contributed by atoms with E-state index in [4.69, 9.17) is 5.73 Å². The van der Waals surface area contributed by atoms with E-state index in [0.29, 0.717) is 5.69 Å². The van der Waals surface area contributed by atoms with Crippen LogP contribution in [0.2, 0.25) is 0 Å². The van der Waals surface area contributed by atoms with Gasteiger partial charge in [-0.3, -0.25) is 20.4 Å². The fourth-order valence-corrected chi connectivity index (χ4v) is 4.49. The number of aromatic nitrogens is 1. The van der Waals surface area contributed by atoms with Crippen molar-refractivity contribution in [3.63, 3.8) is 0 Å². The summed E-state index contributed by atoms with van der Waals surface area (Å²) in [6.45, 7) is 2.79. The fraction of sp³-hybridized carbons (Fsp3) is 0.200. The second-order valence-corrected chi connectivity index (χ2v) is 8.11. The van der Waals surface area contributed by atoms with Crippen LogP contribution in [0.5, 0.6) is 0 Å². The predicted octanol–water partition coefficient (Wildman–Crippen LogP) is 2.90. The van der Waals surface area contributed by atoms with Crippen molar-refractivity contribution in [1.82, 2.24) is 20.4 Å². The lowest BCUT2D eigenvalue weighted by molar-refractivity contribution is 0.0994. The maximum Gasteiger partial charge on any atom is 0.265 e. The number of benzene rings is 1. The number of aliphatic imine (C=N–C) groups is 1. The molecule has 1 aromatic carbocycles. The van der Waals surface area contributed by atoms with Crippen LogP contribution in [0.15, 0.2) is 83.3 Å². The molecule has 0 radical (unpaired) electrons. The van der Waals surface area contributed by atoms with E-state index in [1.54, 1.807) is 6.07 Å². The highest BCUT2D eigenvalue weighted by Gasteiger charge is 2.30. The van der Waals surface area contributed by atoms with Gasteiger partial charge in [-0.25, -0.2) is 0 Å². The van der Waals surface area contributed by atoms with Gasteiger partial charge >= 0.3 is 0 Å². The van der Waals surface area contributed by atoms with Crippen LogP contribution in [0.3, 0.4) is 0 Å². The Hall–Kier alpha value is -3.68. The number of pyridine rings is 1. The van der Waals surface area contributed by atoms with E-state index in [-0.39, 0.29) is 12.3 Å². The Kier molecular flexibility index (Phi) is 5.34. The van der Waals surface area contributed by atoms with Gasteiger partial charge in [-0.2, -0.15) is 0 Å². The summed E-state index contributed by atoms with van der Waals surface area (Å²) in [4.78, 5) is 16.3. The van der Waals surface area contributed by atoms with Gasteiger partial charge in [0.05, 0.1) is 23.6 Å². The minimum atomic E-state index is -0.448. The monoisotopic (exact) mass is 426 g/mol. The smallest absolute Gasteiger partial charge is 0.265 e. The van der Waals surface area contributed by atoms with Gasteiger partial charge in [0.2, 0.25) is 0 Å². The highest BCUT2D eigenvalue weighted by atomic mass is 16.1. The van der Waals surface area contributed by atoms with Crippen LogP contribution in [0.1, 0.15) is 39.8 Å². The Labute approximate surface area is 186 Å². The summed E-state index contributed by atoms with van der Waals surface area (Å²) in [6, 6.07) is 16.0. The summed E-state index contributed by atoms with van der Waals surface area (Å²) in [5.41, 5.74) is 12.6. The van der Waals surface area contributed by atoms with Crippen molar-refractivity contribution >= 4 is 17.6 Å². The number of carbonyl (C=O) groups excluding carboxylic acids is 1. The van der Waals surface area contributed by atoms with E-state index in [9.17, 15) is 4.79 Å². The Morgan fingerprint density at radius 3 is 2.88 bits per heavy atom. The summed E-state index contributed by atoms with van der Waals surface area (Å²) < 4.78 is 1.87. The lowest BCUT2D eigenvalue weighted by Gasteiger charge is -2.36. The number of allylic oxidation sites excluding steroid dienone is 2. The average molecular weight is 427 g/mol. The molecule has 0 bridgehead atoms. The van der Waals surface area contributed by atoms with Gasteiger partial charge in [0.1, 0.15) is 11.9 Å². The van der Waals surface area contributed by atoms with E-state index >= 15 is 0 Å². The van der Waals surface area contributed by atoms with E-state index in [2.05, 4.69) is 58.2 Å². The third-order valence-corrected chi connectivity index (χ3v) is 6.01. The van der Waals surface area contributed by atoms with Crippen molar-refractivity contribution in [3.8, 4) is 0 Å². The van der Waals surface area contributed by atoms with E-state index in [0.717, 1.165) is 35.3 Å². The lowest BCUT2D eigenvalue weighted by Crippen LogP contribution is -2.53. The summed E-state index contributed by atoms with van der Waals surface area (Å²) in [5.74, 6) is -0.448. The van der Waals surface area contributed by atoms with Gasteiger partial charge in [-0.05, 0) is 42.2 Å². The minimum Gasteiger partial charge on any atom is -0.365 e. The molecule has 0 aliphatic carbocycles. The molecule has 0 fully saturated rings. The highest BCUT2D eigenvalue weighted by molar-refractivity contribution is 5.92. The zero-order valence-corrected chi connectivity index (χ0v) is 17.9. The zero-order chi connectivity index (χ0) is 22.1. The topological polar surface area (TPSA) is 96.0 Å². The molecule has 5 rings (SSSR count). The van der Waals surface area contributed by atoms with Crippen LogP contribution in [0.4, 0.5) is 0 Å². The van der Waals surface area contributed by atoms with E-state index in [1.807, 2.05) is 41.2 Å².